The number of benzene rings is 1. The number of likely N-dealkylation sites (tertiary alicyclic amines) is 1. The number of sulfone groups is 1. The van der Waals surface area contributed by atoms with Crippen LogP contribution in [0.25, 0.3) is 0 Å². The largest absolute Gasteiger partial charge is 0.337 e. The summed E-state index contributed by atoms with van der Waals surface area (Å²) in [5.41, 5.74) is 2.36. The Morgan fingerprint density at radius 2 is 2.20 bits per heavy atom. The molecule has 1 aromatic carbocycles. The van der Waals surface area contributed by atoms with Gasteiger partial charge in [0.1, 0.15) is 0 Å². The van der Waals surface area contributed by atoms with Gasteiger partial charge in [-0.15, -0.1) is 0 Å². The minimum atomic E-state index is -2.92. The molecule has 2 fully saturated rings. The van der Waals surface area contributed by atoms with Gasteiger partial charge in [-0.05, 0) is 25.3 Å². The van der Waals surface area contributed by atoms with Gasteiger partial charge in [0.25, 0.3) is 0 Å². The van der Waals surface area contributed by atoms with Crippen LogP contribution < -0.4 is 0 Å². The zero-order valence-electron chi connectivity index (χ0n) is 11.6. The van der Waals surface area contributed by atoms with Gasteiger partial charge in [0.05, 0.1) is 11.0 Å². The van der Waals surface area contributed by atoms with Crippen LogP contribution in [0.4, 0.5) is 0 Å². The molecule has 2 saturated heterocycles. The van der Waals surface area contributed by atoms with Gasteiger partial charge in [0.2, 0.25) is 5.91 Å². The second-order valence-electron chi connectivity index (χ2n) is 5.88. The van der Waals surface area contributed by atoms with Crippen LogP contribution in [0.1, 0.15) is 24.0 Å². The molecule has 108 valence electrons. The highest BCUT2D eigenvalue weighted by molar-refractivity contribution is 7.92. The molecular weight excluding hydrogens is 274 g/mol. The predicted molar refractivity (Wildman–Crippen MR) is 77.2 cm³/mol. The molecule has 2 bridgehead atoms. The topological polar surface area (TPSA) is 54.5 Å². The number of nitrogens with zero attached hydrogens (tertiary/aromatic N) is 1. The van der Waals surface area contributed by atoms with Crippen LogP contribution in [0.15, 0.2) is 24.3 Å². The fraction of sp³-hybridized carbons (Fsp3) is 0.533. The van der Waals surface area contributed by atoms with Gasteiger partial charge >= 0.3 is 0 Å². The molecule has 0 aliphatic carbocycles. The number of carbonyl (C=O) groups is 1. The first-order chi connectivity index (χ1) is 9.45. The van der Waals surface area contributed by atoms with Crippen LogP contribution in [0, 0.1) is 6.92 Å². The molecule has 0 saturated carbocycles. The van der Waals surface area contributed by atoms with Crippen molar-refractivity contribution in [2.24, 2.45) is 0 Å². The second-order valence-corrected chi connectivity index (χ2v) is 8.20. The van der Waals surface area contributed by atoms with E-state index in [2.05, 4.69) is 6.07 Å². The van der Waals surface area contributed by atoms with Crippen molar-refractivity contribution in [3.8, 4) is 0 Å². The van der Waals surface area contributed by atoms with Gasteiger partial charge in [-0.2, -0.15) is 0 Å². The van der Waals surface area contributed by atoms with Gasteiger partial charge in [0.15, 0.2) is 9.84 Å². The van der Waals surface area contributed by atoms with Crippen LogP contribution in [0.5, 0.6) is 0 Å². The molecule has 4 nitrogen and oxygen atoms in total. The van der Waals surface area contributed by atoms with Crippen molar-refractivity contribution >= 4 is 15.7 Å². The Hall–Kier alpha value is -1.36. The monoisotopic (exact) mass is 293 g/mol. The third-order valence-electron chi connectivity index (χ3n) is 4.34. The number of carbonyl (C=O) groups excluding carboxylic acids is 1. The maximum absolute atomic E-state index is 12.2. The smallest absolute Gasteiger partial charge is 0.223 e. The van der Waals surface area contributed by atoms with Crippen molar-refractivity contribution in [1.29, 1.82) is 0 Å². The van der Waals surface area contributed by atoms with Gasteiger partial charge < -0.3 is 4.90 Å². The van der Waals surface area contributed by atoms with E-state index in [4.69, 9.17) is 0 Å². The molecule has 20 heavy (non-hydrogen) atoms. The summed E-state index contributed by atoms with van der Waals surface area (Å²) in [4.78, 5) is 14.0. The lowest BCUT2D eigenvalue weighted by Gasteiger charge is -2.26. The average molecular weight is 293 g/mol. The van der Waals surface area contributed by atoms with E-state index in [1.54, 1.807) is 4.90 Å². The van der Waals surface area contributed by atoms with E-state index >= 15 is 0 Å². The van der Waals surface area contributed by atoms with Crippen LogP contribution in [-0.4, -0.2) is 42.8 Å². The molecule has 5 heteroatoms. The Bertz CT molecular complexity index is 638. The Balaban J connectivity index is 1.59. The molecule has 0 unspecified atom stereocenters. The molecular formula is C15H19NO3S. The first-order valence-corrected chi connectivity index (χ1v) is 8.74. The van der Waals surface area contributed by atoms with Gasteiger partial charge in [0, 0.05) is 19.0 Å². The minimum absolute atomic E-state index is 0.0741. The zero-order chi connectivity index (χ0) is 14.3. The van der Waals surface area contributed by atoms with Gasteiger partial charge in [-0.3, -0.25) is 4.79 Å². The maximum Gasteiger partial charge on any atom is 0.223 e. The lowest BCUT2D eigenvalue weighted by molar-refractivity contribution is -0.131. The summed E-state index contributed by atoms with van der Waals surface area (Å²) in [7, 11) is -2.92. The Morgan fingerprint density at radius 1 is 1.40 bits per heavy atom. The van der Waals surface area contributed by atoms with Crippen LogP contribution in [0.3, 0.4) is 0 Å². The summed E-state index contributed by atoms with van der Waals surface area (Å²) in [5, 5.41) is -0.310. The molecule has 1 amide bonds. The summed E-state index contributed by atoms with van der Waals surface area (Å²) in [6, 6.07) is 8.08. The summed E-state index contributed by atoms with van der Waals surface area (Å²) < 4.78 is 23.3. The summed E-state index contributed by atoms with van der Waals surface area (Å²) in [6.45, 7) is 2.44. The third-order valence-corrected chi connectivity index (χ3v) is 6.55. The highest BCUT2D eigenvalue weighted by Gasteiger charge is 2.49. The first-order valence-electron chi connectivity index (χ1n) is 7.02. The van der Waals surface area contributed by atoms with E-state index < -0.39 is 9.84 Å². The number of fused-ring (bicyclic) bond motifs is 2. The number of aryl methyl sites for hydroxylation is 2. The van der Waals surface area contributed by atoms with E-state index in [0.29, 0.717) is 19.4 Å². The molecule has 2 aliphatic rings. The fourth-order valence-electron chi connectivity index (χ4n) is 3.26. The molecule has 0 radical (unpaired) electrons. The number of amides is 1. The standard InChI is InChI=1S/C15H19NO3S/c1-11-3-2-4-12(7-11)5-6-15(17)16-9-14-8-13(16)10-20(14,18)19/h2-4,7,13-14H,5-6,8-10H2,1H3/t13-,14+/m0/s1. The van der Waals surface area contributed by atoms with Gasteiger partial charge in [-0.1, -0.05) is 29.8 Å². The summed E-state index contributed by atoms with van der Waals surface area (Å²) in [6.07, 6.45) is 1.83. The van der Waals surface area contributed by atoms with E-state index in [9.17, 15) is 13.2 Å². The van der Waals surface area contributed by atoms with Crippen molar-refractivity contribution in [2.75, 3.05) is 12.3 Å². The van der Waals surface area contributed by atoms with E-state index in [1.165, 1.54) is 5.56 Å². The normalized spacial score (nSPS) is 26.9. The molecule has 2 heterocycles. The molecule has 0 spiro atoms. The van der Waals surface area contributed by atoms with Crippen molar-refractivity contribution in [2.45, 2.75) is 37.5 Å². The number of hydrogen-bond acceptors (Lipinski definition) is 3. The highest BCUT2D eigenvalue weighted by atomic mass is 32.2. The third kappa shape index (κ3) is 2.46. The SMILES string of the molecule is Cc1cccc(CCC(=O)N2C[C@H]3C[C@H]2CS3(=O)=O)c1. The van der Waals surface area contributed by atoms with Crippen molar-refractivity contribution < 1.29 is 13.2 Å². The molecule has 2 aliphatic heterocycles. The number of rotatable bonds is 3. The zero-order valence-corrected chi connectivity index (χ0v) is 12.4. The molecule has 3 rings (SSSR count). The van der Waals surface area contributed by atoms with Crippen LogP contribution >= 0.6 is 0 Å². The quantitative estimate of drug-likeness (QED) is 0.845. The molecule has 0 aromatic heterocycles. The van der Waals surface area contributed by atoms with E-state index in [0.717, 1.165) is 12.0 Å². The first kappa shape index (κ1) is 13.6. The number of hydrogen-bond donors (Lipinski definition) is 0. The van der Waals surface area contributed by atoms with E-state index in [1.807, 2.05) is 25.1 Å². The van der Waals surface area contributed by atoms with Crippen molar-refractivity contribution in [1.82, 2.24) is 4.90 Å². The van der Waals surface area contributed by atoms with Gasteiger partial charge in [-0.25, -0.2) is 8.42 Å². The fourth-order valence-corrected chi connectivity index (χ4v) is 5.29. The van der Waals surface area contributed by atoms with Crippen LogP contribution in [0.2, 0.25) is 0 Å². The summed E-state index contributed by atoms with van der Waals surface area (Å²) >= 11 is 0. The average Bonchev–Trinajstić information content (AvgIpc) is 2.91. The minimum Gasteiger partial charge on any atom is -0.337 e. The Labute approximate surface area is 119 Å². The summed E-state index contributed by atoms with van der Waals surface area (Å²) in [5.74, 6) is 0.252. The van der Waals surface area contributed by atoms with E-state index in [-0.39, 0.29) is 23.0 Å². The Morgan fingerprint density at radius 3 is 2.80 bits per heavy atom. The lowest BCUT2D eigenvalue weighted by Crippen LogP contribution is -2.44. The van der Waals surface area contributed by atoms with Crippen LogP contribution in [-0.2, 0) is 21.1 Å². The maximum atomic E-state index is 12.2. The predicted octanol–water partition coefficient (Wildman–Crippen LogP) is 1.33. The van der Waals surface area contributed by atoms with Crippen molar-refractivity contribution in [3.05, 3.63) is 35.4 Å². The van der Waals surface area contributed by atoms with Crippen molar-refractivity contribution in [3.63, 3.8) is 0 Å². The second kappa shape index (κ2) is 4.88. The molecule has 0 N–H and O–H groups in total. The highest BCUT2D eigenvalue weighted by Crippen LogP contribution is 2.33. The lowest BCUT2D eigenvalue weighted by atomic mass is 10.1. The Kier molecular flexibility index (Phi) is 3.32. The molecule has 1 aromatic rings. The molecule has 2 atom stereocenters.